The fraction of sp³-hybridized carbons (Fsp3) is 0.321. The van der Waals surface area contributed by atoms with Gasteiger partial charge in [0, 0.05) is 13.1 Å². The van der Waals surface area contributed by atoms with Crippen LogP contribution in [0.1, 0.15) is 30.9 Å². The Morgan fingerprint density at radius 1 is 0.944 bits per heavy atom. The topological polar surface area (TPSA) is 79.0 Å². The second kappa shape index (κ2) is 11.6. The van der Waals surface area contributed by atoms with E-state index >= 15 is 0 Å². The van der Waals surface area contributed by atoms with Gasteiger partial charge in [0.05, 0.1) is 11.9 Å². The molecule has 1 atom stereocenters. The molecule has 0 bridgehead atoms. The Bertz CT molecular complexity index is 1260. The summed E-state index contributed by atoms with van der Waals surface area (Å²) >= 11 is 0. The summed E-state index contributed by atoms with van der Waals surface area (Å²) in [7, 11) is -3.71. The third-order valence-electron chi connectivity index (χ3n) is 6.22. The predicted octanol–water partition coefficient (Wildman–Crippen LogP) is 4.55. The standard InChI is InChI=1S/C28H33N3O4S/c1-22(28(32)29-20-23-9-8-10-24(19-23)21-30-17-6-7-18-30)31(36(2,33)34)25-13-15-27(16-14-25)35-26-11-4-3-5-12-26/h3-5,8-16,19,22H,6-7,17-18,20-21H2,1-2H3,(H,29,32)/t22-/m0/s1. The van der Waals surface area contributed by atoms with Gasteiger partial charge in [-0.1, -0.05) is 42.5 Å². The number of hydrogen-bond donors (Lipinski definition) is 1. The Kier molecular flexibility index (Phi) is 8.28. The molecule has 1 saturated heterocycles. The number of nitrogens with one attached hydrogen (secondary N) is 1. The highest BCUT2D eigenvalue weighted by atomic mass is 32.2. The maximum atomic E-state index is 13.0. The lowest BCUT2D eigenvalue weighted by Gasteiger charge is -2.28. The van der Waals surface area contributed by atoms with E-state index in [-0.39, 0.29) is 5.91 Å². The molecule has 1 N–H and O–H groups in total. The van der Waals surface area contributed by atoms with Gasteiger partial charge in [0.2, 0.25) is 15.9 Å². The van der Waals surface area contributed by atoms with E-state index in [1.165, 1.54) is 18.4 Å². The van der Waals surface area contributed by atoms with E-state index in [1.807, 2.05) is 42.5 Å². The predicted molar refractivity (Wildman–Crippen MR) is 143 cm³/mol. The molecule has 1 aliphatic rings. The molecular weight excluding hydrogens is 474 g/mol. The summed E-state index contributed by atoms with van der Waals surface area (Å²) in [4.78, 5) is 15.4. The van der Waals surface area contributed by atoms with Gasteiger partial charge >= 0.3 is 0 Å². The van der Waals surface area contributed by atoms with Gasteiger partial charge in [-0.15, -0.1) is 0 Å². The molecule has 36 heavy (non-hydrogen) atoms. The van der Waals surface area contributed by atoms with Crippen molar-refractivity contribution < 1.29 is 17.9 Å². The quantitative estimate of drug-likeness (QED) is 0.436. The number of nitrogens with zero attached hydrogens (tertiary/aromatic N) is 2. The van der Waals surface area contributed by atoms with Crippen LogP contribution < -0.4 is 14.4 Å². The lowest BCUT2D eigenvalue weighted by molar-refractivity contribution is -0.122. The lowest BCUT2D eigenvalue weighted by atomic mass is 10.1. The number of likely N-dealkylation sites (tertiary alicyclic amines) is 1. The van der Waals surface area contributed by atoms with E-state index in [4.69, 9.17) is 4.74 Å². The number of rotatable bonds is 10. The highest BCUT2D eigenvalue weighted by Crippen LogP contribution is 2.27. The minimum Gasteiger partial charge on any atom is -0.457 e. The Balaban J connectivity index is 1.41. The van der Waals surface area contributed by atoms with Gasteiger partial charge in [0.15, 0.2) is 0 Å². The first-order valence-electron chi connectivity index (χ1n) is 12.2. The molecule has 1 fully saturated rings. The summed E-state index contributed by atoms with van der Waals surface area (Å²) in [6.45, 7) is 5.08. The van der Waals surface area contributed by atoms with E-state index in [1.54, 1.807) is 31.2 Å². The van der Waals surface area contributed by atoms with Crippen molar-refractivity contribution in [2.24, 2.45) is 0 Å². The van der Waals surface area contributed by atoms with Gasteiger partial charge in [-0.25, -0.2) is 8.42 Å². The molecule has 0 aliphatic carbocycles. The molecule has 3 aromatic rings. The number of amides is 1. The van der Waals surface area contributed by atoms with Gasteiger partial charge in [0.25, 0.3) is 0 Å². The molecule has 8 heteroatoms. The largest absolute Gasteiger partial charge is 0.457 e. The van der Waals surface area contributed by atoms with Crippen LogP contribution in [0.4, 0.5) is 5.69 Å². The van der Waals surface area contributed by atoms with E-state index in [9.17, 15) is 13.2 Å². The second-order valence-electron chi connectivity index (χ2n) is 9.16. The molecular formula is C28H33N3O4S. The van der Waals surface area contributed by atoms with Crippen LogP contribution in [0.3, 0.4) is 0 Å². The van der Waals surface area contributed by atoms with E-state index in [2.05, 4.69) is 22.3 Å². The molecule has 7 nitrogen and oxygen atoms in total. The molecule has 1 heterocycles. The van der Waals surface area contributed by atoms with E-state index < -0.39 is 16.1 Å². The van der Waals surface area contributed by atoms with Crippen molar-refractivity contribution in [3.63, 3.8) is 0 Å². The number of benzene rings is 3. The highest BCUT2D eigenvalue weighted by molar-refractivity contribution is 7.92. The van der Waals surface area contributed by atoms with Crippen molar-refractivity contribution in [1.82, 2.24) is 10.2 Å². The summed E-state index contributed by atoms with van der Waals surface area (Å²) in [5.41, 5.74) is 2.60. The molecule has 3 aromatic carbocycles. The van der Waals surface area contributed by atoms with Crippen LogP contribution in [0.5, 0.6) is 11.5 Å². The summed E-state index contributed by atoms with van der Waals surface area (Å²) in [5, 5.41) is 2.90. The second-order valence-corrected chi connectivity index (χ2v) is 11.0. The van der Waals surface area contributed by atoms with Crippen LogP contribution in [0, 0.1) is 0 Å². The van der Waals surface area contributed by atoms with Gasteiger partial charge in [-0.05, 0) is 80.4 Å². The first-order valence-corrected chi connectivity index (χ1v) is 14.0. The van der Waals surface area contributed by atoms with Gasteiger partial charge < -0.3 is 10.1 Å². The smallest absolute Gasteiger partial charge is 0.243 e. The molecule has 1 amide bonds. The number of anilines is 1. The monoisotopic (exact) mass is 507 g/mol. The van der Waals surface area contributed by atoms with Gasteiger partial charge in [0.1, 0.15) is 17.5 Å². The maximum Gasteiger partial charge on any atom is 0.243 e. The van der Waals surface area contributed by atoms with Crippen molar-refractivity contribution in [3.8, 4) is 11.5 Å². The number of ether oxygens (including phenoxy) is 1. The normalized spacial score (nSPS) is 14.8. The summed E-state index contributed by atoms with van der Waals surface area (Å²) in [5.74, 6) is 0.891. The van der Waals surface area contributed by atoms with Crippen LogP contribution in [0.2, 0.25) is 0 Å². The summed E-state index contributed by atoms with van der Waals surface area (Å²) in [6.07, 6.45) is 3.59. The Morgan fingerprint density at radius 3 is 2.25 bits per heavy atom. The average molecular weight is 508 g/mol. The van der Waals surface area contributed by atoms with Crippen molar-refractivity contribution in [2.45, 2.75) is 38.9 Å². The van der Waals surface area contributed by atoms with Crippen LogP contribution in [0.15, 0.2) is 78.9 Å². The molecule has 0 unspecified atom stereocenters. The Hall–Kier alpha value is -3.36. The fourth-order valence-electron chi connectivity index (χ4n) is 4.47. The lowest BCUT2D eigenvalue weighted by Crippen LogP contribution is -2.47. The van der Waals surface area contributed by atoms with Crippen LogP contribution in [-0.4, -0.2) is 44.6 Å². The Labute approximate surface area is 213 Å². The SMILES string of the molecule is C[C@@H](C(=O)NCc1cccc(CN2CCCC2)c1)N(c1ccc(Oc2ccccc2)cc1)S(C)(=O)=O. The van der Waals surface area contributed by atoms with Crippen LogP contribution in [-0.2, 0) is 27.9 Å². The molecule has 0 radical (unpaired) electrons. The summed E-state index contributed by atoms with van der Waals surface area (Å²) in [6, 6.07) is 23.2. The first-order chi connectivity index (χ1) is 17.3. The van der Waals surface area contributed by atoms with Crippen LogP contribution in [0.25, 0.3) is 0 Å². The number of hydrogen-bond acceptors (Lipinski definition) is 5. The van der Waals surface area contributed by atoms with Crippen molar-refractivity contribution >= 4 is 21.6 Å². The fourth-order valence-corrected chi connectivity index (χ4v) is 5.64. The number of para-hydroxylation sites is 1. The number of sulfonamides is 1. The highest BCUT2D eigenvalue weighted by Gasteiger charge is 2.29. The minimum absolute atomic E-state index is 0.332. The third kappa shape index (κ3) is 6.86. The van der Waals surface area contributed by atoms with Crippen LogP contribution >= 0.6 is 0 Å². The van der Waals surface area contributed by atoms with Gasteiger partial charge in [-0.2, -0.15) is 0 Å². The average Bonchev–Trinajstić information content (AvgIpc) is 3.37. The summed E-state index contributed by atoms with van der Waals surface area (Å²) < 4.78 is 32.2. The zero-order valence-corrected chi connectivity index (χ0v) is 21.6. The van der Waals surface area contributed by atoms with Crippen molar-refractivity contribution in [1.29, 1.82) is 0 Å². The molecule has 0 spiro atoms. The Morgan fingerprint density at radius 2 is 1.58 bits per heavy atom. The molecule has 0 saturated carbocycles. The zero-order valence-electron chi connectivity index (χ0n) is 20.8. The van der Waals surface area contributed by atoms with E-state index in [0.29, 0.717) is 23.7 Å². The maximum absolute atomic E-state index is 13.0. The molecule has 0 aromatic heterocycles. The number of carbonyl (C=O) groups excluding carboxylic acids is 1. The number of carbonyl (C=O) groups is 1. The zero-order chi connectivity index (χ0) is 25.5. The van der Waals surface area contributed by atoms with Crippen molar-refractivity contribution in [3.05, 3.63) is 90.0 Å². The van der Waals surface area contributed by atoms with Crippen molar-refractivity contribution in [2.75, 3.05) is 23.7 Å². The minimum atomic E-state index is -3.71. The molecule has 1 aliphatic heterocycles. The third-order valence-corrected chi connectivity index (χ3v) is 7.46. The molecule has 190 valence electrons. The van der Waals surface area contributed by atoms with Gasteiger partial charge in [-0.3, -0.25) is 14.0 Å². The van der Waals surface area contributed by atoms with E-state index in [0.717, 1.165) is 35.8 Å². The first kappa shape index (κ1) is 25.7. The molecule has 4 rings (SSSR count).